The molecule has 4 rings (SSSR count). The molecule has 1 N–H and O–H groups in total. The summed E-state index contributed by atoms with van der Waals surface area (Å²) in [6.45, 7) is 0.260. The molecule has 0 fully saturated rings. The van der Waals surface area contributed by atoms with Crippen LogP contribution < -0.4 is 24.4 Å². The number of amides is 2. The number of methoxy groups -OCH3 is 1. The monoisotopic (exact) mass is 418 g/mol. The third kappa shape index (κ3) is 4.95. The van der Waals surface area contributed by atoms with Gasteiger partial charge in [0.1, 0.15) is 17.2 Å². The van der Waals surface area contributed by atoms with E-state index in [9.17, 15) is 9.59 Å². The molecule has 0 saturated carbocycles. The van der Waals surface area contributed by atoms with Gasteiger partial charge in [-0.2, -0.15) is 0 Å². The average molecular weight is 418 g/mol. The summed E-state index contributed by atoms with van der Waals surface area (Å²) in [7, 11) is 1.57. The Morgan fingerprint density at radius 3 is 2.65 bits per heavy atom. The minimum absolute atomic E-state index is 0.0455. The van der Waals surface area contributed by atoms with Crippen LogP contribution in [0.5, 0.6) is 17.2 Å². The summed E-state index contributed by atoms with van der Waals surface area (Å²) >= 11 is 0. The van der Waals surface area contributed by atoms with Gasteiger partial charge in [0.25, 0.3) is 11.8 Å². The Kier molecular flexibility index (Phi) is 6.03. The van der Waals surface area contributed by atoms with Gasteiger partial charge in [-0.25, -0.2) is 0 Å². The Morgan fingerprint density at radius 1 is 1.03 bits per heavy atom. The summed E-state index contributed by atoms with van der Waals surface area (Å²) < 4.78 is 16.3. The first-order chi connectivity index (χ1) is 15.1. The van der Waals surface area contributed by atoms with Crippen LogP contribution >= 0.6 is 0 Å². The van der Waals surface area contributed by atoms with Crippen molar-refractivity contribution in [2.24, 2.45) is 0 Å². The minimum Gasteiger partial charge on any atom is -0.497 e. The highest BCUT2D eigenvalue weighted by atomic mass is 16.5. The number of benzene rings is 3. The zero-order valence-corrected chi connectivity index (χ0v) is 17.0. The molecule has 158 valence electrons. The quantitative estimate of drug-likeness (QED) is 0.634. The van der Waals surface area contributed by atoms with E-state index in [1.54, 1.807) is 54.5 Å². The van der Waals surface area contributed by atoms with E-state index in [4.69, 9.17) is 14.2 Å². The minimum atomic E-state index is -0.309. The molecule has 0 unspecified atom stereocenters. The van der Waals surface area contributed by atoms with E-state index in [1.807, 2.05) is 30.3 Å². The van der Waals surface area contributed by atoms with E-state index in [0.29, 0.717) is 35.2 Å². The number of hydrogen-bond acceptors (Lipinski definition) is 5. The maximum Gasteiger partial charge on any atom is 0.265 e. The summed E-state index contributed by atoms with van der Waals surface area (Å²) in [4.78, 5) is 26.4. The van der Waals surface area contributed by atoms with Gasteiger partial charge in [-0.15, -0.1) is 0 Å². The van der Waals surface area contributed by atoms with Gasteiger partial charge in [0, 0.05) is 17.8 Å². The van der Waals surface area contributed by atoms with Crippen molar-refractivity contribution in [3.05, 3.63) is 78.4 Å². The lowest BCUT2D eigenvalue weighted by molar-refractivity contribution is -0.121. The van der Waals surface area contributed by atoms with Crippen LogP contribution in [0, 0.1) is 0 Å². The van der Waals surface area contributed by atoms with Crippen molar-refractivity contribution in [3.8, 4) is 17.2 Å². The molecule has 31 heavy (non-hydrogen) atoms. The van der Waals surface area contributed by atoms with Gasteiger partial charge in [0.15, 0.2) is 13.2 Å². The number of carbonyl (C=O) groups excluding carboxylic acids is 2. The normalized spacial score (nSPS) is 12.5. The topological polar surface area (TPSA) is 77.1 Å². The number of fused-ring (bicyclic) bond motifs is 1. The third-order valence-corrected chi connectivity index (χ3v) is 4.78. The SMILES string of the molecule is COc1cccc(OCC(=O)Nc2ccc3c(c2)OCC(=O)N3Cc2ccccc2)c1. The van der Waals surface area contributed by atoms with Gasteiger partial charge < -0.3 is 24.4 Å². The zero-order chi connectivity index (χ0) is 21.6. The number of nitrogens with zero attached hydrogens (tertiary/aromatic N) is 1. The molecule has 1 aliphatic rings. The van der Waals surface area contributed by atoms with Crippen LogP contribution in [-0.2, 0) is 16.1 Å². The zero-order valence-electron chi connectivity index (χ0n) is 17.0. The van der Waals surface area contributed by atoms with Crippen LogP contribution in [0.25, 0.3) is 0 Å². The predicted molar refractivity (Wildman–Crippen MR) is 117 cm³/mol. The van der Waals surface area contributed by atoms with Crippen molar-refractivity contribution in [1.82, 2.24) is 0 Å². The summed E-state index contributed by atoms with van der Waals surface area (Å²) in [5, 5.41) is 2.79. The van der Waals surface area contributed by atoms with Crippen LogP contribution in [0.4, 0.5) is 11.4 Å². The van der Waals surface area contributed by atoms with Crippen molar-refractivity contribution in [1.29, 1.82) is 0 Å². The Bertz CT molecular complexity index is 1080. The molecule has 0 aromatic heterocycles. The maximum atomic E-state index is 12.4. The molecule has 2 amide bonds. The molecule has 1 heterocycles. The van der Waals surface area contributed by atoms with Crippen LogP contribution in [0.2, 0.25) is 0 Å². The molecule has 0 radical (unpaired) electrons. The smallest absolute Gasteiger partial charge is 0.265 e. The van der Waals surface area contributed by atoms with Crippen molar-refractivity contribution < 1.29 is 23.8 Å². The second-order valence-electron chi connectivity index (χ2n) is 6.95. The van der Waals surface area contributed by atoms with Gasteiger partial charge in [-0.05, 0) is 29.8 Å². The molecular formula is C24H22N2O5. The summed E-state index contributed by atoms with van der Waals surface area (Å²) in [5.74, 6) is 1.32. The highest BCUT2D eigenvalue weighted by molar-refractivity contribution is 5.99. The van der Waals surface area contributed by atoms with Crippen molar-refractivity contribution >= 4 is 23.2 Å². The Morgan fingerprint density at radius 2 is 1.84 bits per heavy atom. The molecule has 3 aromatic rings. The number of rotatable bonds is 7. The van der Waals surface area contributed by atoms with Crippen LogP contribution in [-0.4, -0.2) is 32.1 Å². The van der Waals surface area contributed by atoms with Crippen LogP contribution in [0.1, 0.15) is 5.56 Å². The van der Waals surface area contributed by atoms with Crippen LogP contribution in [0.3, 0.4) is 0 Å². The Hall–Kier alpha value is -4.00. The van der Waals surface area contributed by atoms with Gasteiger partial charge in [0.05, 0.1) is 19.3 Å². The standard InChI is InChI=1S/C24H22N2O5/c1-29-19-8-5-9-20(13-19)30-15-23(27)25-18-10-11-21-22(12-18)31-16-24(28)26(21)14-17-6-3-2-4-7-17/h2-13H,14-16H2,1H3,(H,25,27). The molecule has 0 spiro atoms. The van der Waals surface area contributed by atoms with E-state index < -0.39 is 0 Å². The molecule has 0 aliphatic carbocycles. The second kappa shape index (κ2) is 9.21. The summed E-state index contributed by atoms with van der Waals surface area (Å²) in [5.41, 5.74) is 2.26. The molecule has 7 heteroatoms. The second-order valence-corrected chi connectivity index (χ2v) is 6.95. The van der Waals surface area contributed by atoms with E-state index in [1.165, 1.54) is 0 Å². The fourth-order valence-corrected chi connectivity index (χ4v) is 3.26. The molecule has 0 atom stereocenters. The van der Waals surface area contributed by atoms with Crippen LogP contribution in [0.15, 0.2) is 72.8 Å². The lowest BCUT2D eigenvalue weighted by Crippen LogP contribution is -2.38. The van der Waals surface area contributed by atoms with E-state index in [-0.39, 0.29) is 25.0 Å². The highest BCUT2D eigenvalue weighted by Gasteiger charge is 2.26. The van der Waals surface area contributed by atoms with E-state index >= 15 is 0 Å². The third-order valence-electron chi connectivity index (χ3n) is 4.78. The Labute approximate surface area is 180 Å². The Balaban J connectivity index is 1.41. The van der Waals surface area contributed by atoms with E-state index in [2.05, 4.69) is 5.32 Å². The summed E-state index contributed by atoms with van der Waals surface area (Å²) in [6.07, 6.45) is 0. The number of carbonyl (C=O) groups is 2. The molecule has 3 aromatic carbocycles. The summed E-state index contributed by atoms with van der Waals surface area (Å²) in [6, 6.07) is 22.0. The molecule has 1 aliphatic heterocycles. The first kappa shape index (κ1) is 20.3. The largest absolute Gasteiger partial charge is 0.497 e. The molecule has 0 bridgehead atoms. The number of nitrogens with one attached hydrogen (secondary N) is 1. The lowest BCUT2D eigenvalue weighted by Gasteiger charge is -2.29. The average Bonchev–Trinajstić information content (AvgIpc) is 2.80. The predicted octanol–water partition coefficient (Wildman–Crippen LogP) is 3.64. The first-order valence-electron chi connectivity index (χ1n) is 9.80. The lowest BCUT2D eigenvalue weighted by atomic mass is 10.1. The first-order valence-corrected chi connectivity index (χ1v) is 9.80. The van der Waals surface area contributed by atoms with Crippen molar-refractivity contribution in [3.63, 3.8) is 0 Å². The number of hydrogen-bond donors (Lipinski definition) is 1. The molecular weight excluding hydrogens is 396 g/mol. The van der Waals surface area contributed by atoms with Crippen molar-refractivity contribution in [2.75, 3.05) is 30.5 Å². The fourth-order valence-electron chi connectivity index (χ4n) is 3.26. The number of anilines is 2. The molecule has 0 saturated heterocycles. The van der Waals surface area contributed by atoms with Gasteiger partial charge in [-0.3, -0.25) is 9.59 Å². The van der Waals surface area contributed by atoms with Crippen molar-refractivity contribution in [2.45, 2.75) is 6.54 Å². The van der Waals surface area contributed by atoms with Gasteiger partial charge in [0.2, 0.25) is 0 Å². The molecule has 7 nitrogen and oxygen atoms in total. The van der Waals surface area contributed by atoms with E-state index in [0.717, 1.165) is 5.56 Å². The maximum absolute atomic E-state index is 12.4. The fraction of sp³-hybridized carbons (Fsp3) is 0.167. The number of ether oxygens (including phenoxy) is 3. The van der Waals surface area contributed by atoms with Gasteiger partial charge >= 0.3 is 0 Å². The highest BCUT2D eigenvalue weighted by Crippen LogP contribution is 2.35. The van der Waals surface area contributed by atoms with Gasteiger partial charge in [-0.1, -0.05) is 36.4 Å².